The number of benzene rings is 2. The van der Waals surface area contributed by atoms with Crippen LogP contribution in [-0.2, 0) is 4.79 Å². The molecule has 4 rings (SSSR count). The smallest absolute Gasteiger partial charge is 0.336 e. The quantitative estimate of drug-likeness (QED) is 0.768. The van der Waals surface area contributed by atoms with Crippen molar-refractivity contribution in [1.82, 2.24) is 14.8 Å². The number of carboxylic acids is 1. The second-order valence-corrected chi connectivity index (χ2v) is 6.12. The second kappa shape index (κ2) is 5.82. The number of aromatic nitrogens is 3. The molecule has 124 valence electrons. The third-order valence-corrected chi connectivity index (χ3v) is 4.32. The van der Waals surface area contributed by atoms with Gasteiger partial charge < -0.3 is 5.11 Å². The van der Waals surface area contributed by atoms with E-state index in [1.165, 1.54) is 0 Å². The van der Waals surface area contributed by atoms with Gasteiger partial charge in [0.1, 0.15) is 5.82 Å². The molecule has 2 heterocycles. The van der Waals surface area contributed by atoms with E-state index in [9.17, 15) is 9.90 Å². The van der Waals surface area contributed by atoms with Crippen molar-refractivity contribution in [2.75, 3.05) is 0 Å². The van der Waals surface area contributed by atoms with Gasteiger partial charge >= 0.3 is 5.97 Å². The number of carboxylic acid groups (broad SMARTS) is 1. The van der Waals surface area contributed by atoms with Gasteiger partial charge in [0.2, 0.25) is 6.04 Å². The molecule has 6 nitrogen and oxygen atoms in total. The molecular formula is C18H13ClN4O2. The average molecular weight is 353 g/mol. The highest BCUT2D eigenvalue weighted by molar-refractivity contribution is 6.31. The van der Waals surface area contributed by atoms with E-state index in [1.807, 2.05) is 36.4 Å². The van der Waals surface area contributed by atoms with Crippen LogP contribution in [0.25, 0.3) is 5.69 Å². The van der Waals surface area contributed by atoms with Crippen molar-refractivity contribution in [3.8, 4) is 5.69 Å². The molecule has 0 saturated heterocycles. The summed E-state index contributed by atoms with van der Waals surface area (Å²) in [5.41, 5.74) is 2.88. The van der Waals surface area contributed by atoms with Gasteiger partial charge in [-0.15, -0.1) is 10.2 Å². The van der Waals surface area contributed by atoms with E-state index in [2.05, 4.69) is 15.2 Å². The topological polar surface area (TPSA) is 80.4 Å². The number of rotatable bonds is 2. The normalized spacial score (nSPS) is 15.8. The fourth-order valence-corrected chi connectivity index (χ4v) is 3.17. The fraction of sp³-hybridized carbons (Fsp3) is 0.111. The van der Waals surface area contributed by atoms with E-state index in [0.29, 0.717) is 16.6 Å². The maximum atomic E-state index is 11.9. The Bertz CT molecular complexity index is 1010. The largest absolute Gasteiger partial charge is 0.479 e. The van der Waals surface area contributed by atoms with Gasteiger partial charge in [-0.1, -0.05) is 41.9 Å². The van der Waals surface area contributed by atoms with Crippen LogP contribution in [0.4, 0.5) is 0 Å². The van der Waals surface area contributed by atoms with Crippen molar-refractivity contribution in [3.63, 3.8) is 0 Å². The average Bonchev–Trinajstić information content (AvgIpc) is 2.90. The summed E-state index contributed by atoms with van der Waals surface area (Å²) < 4.78 is 1.73. The lowest BCUT2D eigenvalue weighted by Gasteiger charge is -2.12. The third kappa shape index (κ3) is 2.51. The van der Waals surface area contributed by atoms with Crippen LogP contribution in [0.3, 0.4) is 0 Å². The van der Waals surface area contributed by atoms with Crippen LogP contribution < -0.4 is 0 Å². The van der Waals surface area contributed by atoms with Crippen LogP contribution in [0.5, 0.6) is 0 Å². The summed E-state index contributed by atoms with van der Waals surface area (Å²) >= 11 is 6.21. The van der Waals surface area contributed by atoms with Crippen molar-refractivity contribution in [2.45, 2.75) is 13.0 Å². The molecule has 0 fully saturated rings. The number of fused-ring (bicyclic) bond motifs is 3. The predicted octanol–water partition coefficient (Wildman–Crippen LogP) is 3.21. The maximum Gasteiger partial charge on any atom is 0.336 e. The van der Waals surface area contributed by atoms with Crippen molar-refractivity contribution >= 4 is 23.3 Å². The van der Waals surface area contributed by atoms with Gasteiger partial charge in [0.05, 0.1) is 11.4 Å². The first-order valence-electron chi connectivity index (χ1n) is 7.64. The number of aliphatic carboxylic acids is 1. The Morgan fingerprint density at radius 1 is 1.16 bits per heavy atom. The van der Waals surface area contributed by atoms with Crippen LogP contribution in [0.1, 0.15) is 28.8 Å². The summed E-state index contributed by atoms with van der Waals surface area (Å²) in [4.78, 5) is 16.4. The Hall–Kier alpha value is -2.99. The van der Waals surface area contributed by atoms with Crippen molar-refractivity contribution in [3.05, 3.63) is 76.3 Å². The van der Waals surface area contributed by atoms with E-state index in [4.69, 9.17) is 11.6 Å². The van der Waals surface area contributed by atoms with E-state index in [1.54, 1.807) is 23.6 Å². The van der Waals surface area contributed by atoms with Gasteiger partial charge in [0.15, 0.2) is 5.82 Å². The Kier molecular flexibility index (Phi) is 3.62. The number of hydrogen-bond donors (Lipinski definition) is 1. The molecule has 0 spiro atoms. The molecule has 0 saturated carbocycles. The molecule has 0 aliphatic carbocycles. The monoisotopic (exact) mass is 352 g/mol. The van der Waals surface area contributed by atoms with Gasteiger partial charge in [-0.2, -0.15) is 0 Å². The molecule has 3 aromatic rings. The lowest BCUT2D eigenvalue weighted by Crippen LogP contribution is -2.14. The van der Waals surface area contributed by atoms with Gasteiger partial charge in [-0.3, -0.25) is 9.56 Å². The predicted molar refractivity (Wildman–Crippen MR) is 93.6 cm³/mol. The van der Waals surface area contributed by atoms with Crippen LogP contribution in [0.2, 0.25) is 5.02 Å². The maximum absolute atomic E-state index is 11.9. The van der Waals surface area contributed by atoms with Gasteiger partial charge in [0.25, 0.3) is 0 Å². The third-order valence-electron chi connectivity index (χ3n) is 4.09. The van der Waals surface area contributed by atoms with E-state index in [0.717, 1.165) is 16.8 Å². The van der Waals surface area contributed by atoms with E-state index >= 15 is 0 Å². The molecule has 1 aromatic heterocycles. The molecule has 0 amide bonds. The van der Waals surface area contributed by atoms with Crippen molar-refractivity contribution < 1.29 is 9.90 Å². The zero-order chi connectivity index (χ0) is 17.6. The molecule has 1 atom stereocenters. The molecule has 7 heteroatoms. The molecule has 1 aliphatic rings. The van der Waals surface area contributed by atoms with Crippen LogP contribution >= 0.6 is 11.6 Å². The number of nitrogens with zero attached hydrogens (tertiary/aromatic N) is 4. The summed E-state index contributed by atoms with van der Waals surface area (Å²) in [7, 11) is 0. The first-order chi connectivity index (χ1) is 12.1. The molecule has 0 bridgehead atoms. The van der Waals surface area contributed by atoms with E-state index in [-0.39, 0.29) is 5.82 Å². The number of hydrogen-bond acceptors (Lipinski definition) is 4. The summed E-state index contributed by atoms with van der Waals surface area (Å²) in [6.45, 7) is 1.78. The van der Waals surface area contributed by atoms with Gasteiger partial charge in [-0.05, 0) is 25.1 Å². The second-order valence-electron chi connectivity index (χ2n) is 5.69. The van der Waals surface area contributed by atoms with Crippen molar-refractivity contribution in [2.24, 2.45) is 4.99 Å². The summed E-state index contributed by atoms with van der Waals surface area (Å²) in [6, 6.07) is 13.7. The molecule has 1 N–H and O–H groups in total. The zero-order valence-corrected chi connectivity index (χ0v) is 14.0. The minimum Gasteiger partial charge on any atom is -0.479 e. The number of halogens is 1. The van der Waals surface area contributed by atoms with Gasteiger partial charge in [-0.25, -0.2) is 4.79 Å². The Labute approximate surface area is 148 Å². The number of aliphatic imine (C=N–C) groups is 1. The summed E-state index contributed by atoms with van der Waals surface area (Å²) in [5, 5.41) is 18.3. The standard InChI is InChI=1S/C18H13ClN4O2/c1-10-21-22-17-16(18(24)25)20-15(11-5-3-2-4-6-11)13-9-12(19)7-8-14(13)23(10)17/h2-9,16H,1H3,(H,24,25). The lowest BCUT2D eigenvalue weighted by molar-refractivity contribution is -0.138. The minimum absolute atomic E-state index is 0.277. The first kappa shape index (κ1) is 15.5. The van der Waals surface area contributed by atoms with Crippen molar-refractivity contribution in [1.29, 1.82) is 0 Å². The molecule has 2 aromatic carbocycles. The van der Waals surface area contributed by atoms with Crippen LogP contribution in [-0.4, -0.2) is 31.6 Å². The molecule has 0 radical (unpaired) electrons. The first-order valence-corrected chi connectivity index (χ1v) is 8.02. The van der Waals surface area contributed by atoms with Crippen LogP contribution in [0, 0.1) is 6.92 Å². The SMILES string of the molecule is Cc1nnc2n1-c1ccc(Cl)cc1C(c1ccccc1)=NC2C(=O)O. The molecule has 1 aliphatic heterocycles. The molecule has 1 unspecified atom stereocenters. The molecule has 25 heavy (non-hydrogen) atoms. The zero-order valence-electron chi connectivity index (χ0n) is 13.2. The summed E-state index contributed by atoms with van der Waals surface area (Å²) in [5.74, 6) is -0.213. The van der Waals surface area contributed by atoms with Gasteiger partial charge in [0, 0.05) is 16.1 Å². The van der Waals surface area contributed by atoms with E-state index < -0.39 is 12.0 Å². The lowest BCUT2D eigenvalue weighted by atomic mass is 10.0. The number of carbonyl (C=O) groups is 1. The number of aryl methyl sites for hydroxylation is 1. The highest BCUT2D eigenvalue weighted by Gasteiger charge is 2.32. The fourth-order valence-electron chi connectivity index (χ4n) is 2.99. The Morgan fingerprint density at radius 2 is 1.92 bits per heavy atom. The molecular weight excluding hydrogens is 340 g/mol. The highest BCUT2D eigenvalue weighted by Crippen LogP contribution is 2.32. The summed E-state index contributed by atoms with van der Waals surface area (Å²) in [6.07, 6.45) is 0. The van der Waals surface area contributed by atoms with Crippen LogP contribution in [0.15, 0.2) is 53.5 Å². The highest BCUT2D eigenvalue weighted by atomic mass is 35.5. The Morgan fingerprint density at radius 3 is 2.64 bits per heavy atom. The Balaban J connectivity index is 2.09. The minimum atomic E-state index is -1.15.